The molecule has 7 nitrogen and oxygen atoms in total. The Kier molecular flexibility index (Phi) is 6.01. The standard InChI is InChI=1S/C10H18N2O5/c1-6(2)8(9(15)17-4)11-10(16)12(3)5-7(13)14/h6,8H,5H2,1-4H3,(H,11,16)(H,13,14). The molecule has 98 valence electrons. The van der Waals surface area contributed by atoms with Crippen molar-refractivity contribution >= 4 is 18.0 Å². The van der Waals surface area contributed by atoms with Crippen LogP contribution in [0.1, 0.15) is 13.8 Å². The van der Waals surface area contributed by atoms with Crippen molar-refractivity contribution in [2.24, 2.45) is 5.92 Å². The van der Waals surface area contributed by atoms with Crippen molar-refractivity contribution in [2.45, 2.75) is 19.9 Å². The quantitative estimate of drug-likeness (QED) is 0.661. The molecule has 0 fully saturated rings. The molecule has 0 rings (SSSR count). The Morgan fingerprint density at radius 3 is 2.24 bits per heavy atom. The van der Waals surface area contributed by atoms with Gasteiger partial charge in [0.15, 0.2) is 0 Å². The zero-order valence-electron chi connectivity index (χ0n) is 10.4. The van der Waals surface area contributed by atoms with Crippen molar-refractivity contribution in [3.05, 3.63) is 0 Å². The number of likely N-dealkylation sites (N-methyl/N-ethyl adjacent to an activating group) is 1. The van der Waals surface area contributed by atoms with E-state index in [2.05, 4.69) is 10.1 Å². The number of aliphatic carboxylic acids is 1. The van der Waals surface area contributed by atoms with E-state index in [-0.39, 0.29) is 5.92 Å². The zero-order chi connectivity index (χ0) is 13.6. The molecular formula is C10H18N2O5. The van der Waals surface area contributed by atoms with Crippen LogP contribution in [0.5, 0.6) is 0 Å². The Morgan fingerprint density at radius 2 is 1.88 bits per heavy atom. The number of carboxylic acids is 1. The predicted octanol–water partition coefficient (Wildman–Crippen LogP) is -0.0900. The van der Waals surface area contributed by atoms with Gasteiger partial charge >= 0.3 is 18.0 Å². The van der Waals surface area contributed by atoms with Crippen molar-refractivity contribution in [1.82, 2.24) is 10.2 Å². The number of nitrogens with one attached hydrogen (secondary N) is 1. The molecule has 1 unspecified atom stereocenters. The maximum absolute atomic E-state index is 11.6. The van der Waals surface area contributed by atoms with Crippen molar-refractivity contribution < 1.29 is 24.2 Å². The second kappa shape index (κ2) is 6.72. The van der Waals surface area contributed by atoms with Gasteiger partial charge in [0.05, 0.1) is 7.11 Å². The summed E-state index contributed by atoms with van der Waals surface area (Å²) in [6.07, 6.45) is 0. The van der Waals surface area contributed by atoms with E-state index in [1.807, 2.05) is 0 Å². The highest BCUT2D eigenvalue weighted by Crippen LogP contribution is 2.04. The number of carbonyl (C=O) groups excluding carboxylic acids is 2. The lowest BCUT2D eigenvalue weighted by atomic mass is 10.1. The number of ether oxygens (including phenoxy) is 1. The Bertz CT molecular complexity index is 303. The second-order valence-electron chi connectivity index (χ2n) is 3.94. The Hall–Kier alpha value is -1.79. The number of esters is 1. The van der Waals surface area contributed by atoms with Crippen LogP contribution in [0.2, 0.25) is 0 Å². The highest BCUT2D eigenvalue weighted by atomic mass is 16.5. The molecule has 0 aromatic heterocycles. The SMILES string of the molecule is COC(=O)C(NC(=O)N(C)CC(=O)O)C(C)C. The molecule has 17 heavy (non-hydrogen) atoms. The maximum atomic E-state index is 11.6. The lowest BCUT2D eigenvalue weighted by Crippen LogP contribution is -2.50. The van der Waals surface area contributed by atoms with Crippen LogP contribution in [0.25, 0.3) is 0 Å². The molecule has 0 aromatic rings. The first-order valence-corrected chi connectivity index (χ1v) is 5.10. The third-order valence-electron chi connectivity index (χ3n) is 2.12. The van der Waals surface area contributed by atoms with E-state index in [1.165, 1.54) is 14.2 Å². The van der Waals surface area contributed by atoms with Gasteiger partial charge in [0.1, 0.15) is 12.6 Å². The Balaban J connectivity index is 4.50. The van der Waals surface area contributed by atoms with Crippen LogP contribution in [0, 0.1) is 5.92 Å². The highest BCUT2D eigenvalue weighted by Gasteiger charge is 2.26. The molecule has 0 aliphatic rings. The first kappa shape index (κ1) is 15.2. The van der Waals surface area contributed by atoms with E-state index >= 15 is 0 Å². The first-order valence-electron chi connectivity index (χ1n) is 5.10. The molecular weight excluding hydrogens is 228 g/mol. The lowest BCUT2D eigenvalue weighted by molar-refractivity contribution is -0.144. The summed E-state index contributed by atoms with van der Waals surface area (Å²) >= 11 is 0. The number of carboxylic acid groups (broad SMARTS) is 1. The summed E-state index contributed by atoms with van der Waals surface area (Å²) in [6, 6.07) is -1.42. The summed E-state index contributed by atoms with van der Waals surface area (Å²) in [5.41, 5.74) is 0. The van der Waals surface area contributed by atoms with Gasteiger partial charge in [-0.3, -0.25) is 4.79 Å². The molecule has 0 saturated heterocycles. The van der Waals surface area contributed by atoms with Gasteiger partial charge in [0, 0.05) is 7.05 Å². The van der Waals surface area contributed by atoms with Crippen molar-refractivity contribution in [3.8, 4) is 0 Å². The van der Waals surface area contributed by atoms with Gasteiger partial charge in [-0.1, -0.05) is 13.8 Å². The number of hydrogen-bond donors (Lipinski definition) is 2. The second-order valence-corrected chi connectivity index (χ2v) is 3.94. The fraction of sp³-hybridized carbons (Fsp3) is 0.700. The number of carbonyl (C=O) groups is 3. The summed E-state index contributed by atoms with van der Waals surface area (Å²) in [6.45, 7) is 3.07. The highest BCUT2D eigenvalue weighted by molar-refractivity contribution is 5.85. The van der Waals surface area contributed by atoms with Crippen molar-refractivity contribution in [3.63, 3.8) is 0 Å². The average Bonchev–Trinajstić information content (AvgIpc) is 2.22. The maximum Gasteiger partial charge on any atom is 0.328 e. The normalized spacial score (nSPS) is 11.8. The van der Waals surface area contributed by atoms with Crippen LogP contribution < -0.4 is 5.32 Å². The molecule has 2 N–H and O–H groups in total. The fourth-order valence-corrected chi connectivity index (χ4v) is 1.14. The summed E-state index contributed by atoms with van der Waals surface area (Å²) < 4.78 is 4.55. The summed E-state index contributed by atoms with van der Waals surface area (Å²) in [5, 5.41) is 10.9. The molecule has 0 aromatic carbocycles. The third-order valence-corrected chi connectivity index (χ3v) is 2.12. The molecule has 0 bridgehead atoms. The Morgan fingerprint density at radius 1 is 1.35 bits per heavy atom. The van der Waals surface area contributed by atoms with Crippen LogP contribution in [-0.2, 0) is 14.3 Å². The van der Waals surface area contributed by atoms with E-state index in [0.717, 1.165) is 4.90 Å². The number of urea groups is 1. The largest absolute Gasteiger partial charge is 0.480 e. The molecule has 1 atom stereocenters. The van der Waals surface area contributed by atoms with Crippen LogP contribution in [0.4, 0.5) is 4.79 Å². The average molecular weight is 246 g/mol. The third kappa shape index (κ3) is 5.19. The smallest absolute Gasteiger partial charge is 0.328 e. The zero-order valence-corrected chi connectivity index (χ0v) is 10.4. The first-order chi connectivity index (χ1) is 7.79. The van der Waals surface area contributed by atoms with E-state index in [1.54, 1.807) is 13.8 Å². The predicted molar refractivity (Wildman–Crippen MR) is 59.4 cm³/mol. The van der Waals surface area contributed by atoms with Gasteiger partial charge in [-0.25, -0.2) is 9.59 Å². The van der Waals surface area contributed by atoms with Gasteiger partial charge < -0.3 is 20.1 Å². The number of amides is 2. The topological polar surface area (TPSA) is 95.9 Å². The fourth-order valence-electron chi connectivity index (χ4n) is 1.14. The van der Waals surface area contributed by atoms with Crippen molar-refractivity contribution in [1.29, 1.82) is 0 Å². The Labute approximate surface area is 99.7 Å². The lowest BCUT2D eigenvalue weighted by Gasteiger charge is -2.23. The number of nitrogens with zero attached hydrogens (tertiary/aromatic N) is 1. The minimum atomic E-state index is -1.12. The molecule has 0 aliphatic heterocycles. The number of hydrogen-bond acceptors (Lipinski definition) is 4. The van der Waals surface area contributed by atoms with Crippen LogP contribution in [-0.4, -0.2) is 54.7 Å². The molecule has 0 heterocycles. The van der Waals surface area contributed by atoms with Crippen LogP contribution in [0.3, 0.4) is 0 Å². The molecule has 0 spiro atoms. The van der Waals surface area contributed by atoms with Gasteiger partial charge in [-0.2, -0.15) is 0 Å². The van der Waals surface area contributed by atoms with Gasteiger partial charge in [0.25, 0.3) is 0 Å². The summed E-state index contributed by atoms with van der Waals surface area (Å²) in [4.78, 5) is 34.3. The summed E-state index contributed by atoms with van der Waals surface area (Å²) in [5.74, 6) is -1.83. The minimum Gasteiger partial charge on any atom is -0.480 e. The number of rotatable bonds is 5. The van der Waals surface area contributed by atoms with Gasteiger partial charge in [-0.05, 0) is 5.92 Å². The molecule has 0 saturated carbocycles. The van der Waals surface area contributed by atoms with Gasteiger partial charge in [-0.15, -0.1) is 0 Å². The molecule has 2 amide bonds. The van der Waals surface area contributed by atoms with E-state index in [4.69, 9.17) is 5.11 Å². The van der Waals surface area contributed by atoms with Crippen molar-refractivity contribution in [2.75, 3.05) is 20.7 Å². The van der Waals surface area contributed by atoms with E-state index < -0.39 is 30.6 Å². The van der Waals surface area contributed by atoms with E-state index in [0.29, 0.717) is 0 Å². The van der Waals surface area contributed by atoms with Crippen LogP contribution in [0.15, 0.2) is 0 Å². The molecule has 0 aliphatic carbocycles. The van der Waals surface area contributed by atoms with Gasteiger partial charge in [0.2, 0.25) is 0 Å². The monoisotopic (exact) mass is 246 g/mol. The van der Waals surface area contributed by atoms with E-state index in [9.17, 15) is 14.4 Å². The summed E-state index contributed by atoms with van der Waals surface area (Å²) in [7, 11) is 2.56. The van der Waals surface area contributed by atoms with Crippen LogP contribution >= 0.6 is 0 Å². The molecule has 0 radical (unpaired) electrons. The minimum absolute atomic E-state index is 0.148. The number of methoxy groups -OCH3 is 1. The molecule has 7 heteroatoms.